The first kappa shape index (κ1) is 10.1. The molecule has 0 aliphatic carbocycles. The number of aromatic nitrogens is 2. The van der Waals surface area contributed by atoms with Gasteiger partial charge in [0.25, 0.3) is 0 Å². The van der Waals surface area contributed by atoms with E-state index >= 15 is 0 Å². The van der Waals surface area contributed by atoms with Crippen molar-refractivity contribution < 1.29 is 4.79 Å². The maximum atomic E-state index is 11.4. The molecular formula is C11H15N3O. The lowest BCUT2D eigenvalue weighted by Crippen LogP contribution is -2.28. The van der Waals surface area contributed by atoms with E-state index in [1.807, 2.05) is 17.9 Å². The summed E-state index contributed by atoms with van der Waals surface area (Å²) in [5.41, 5.74) is 0.968. The van der Waals surface area contributed by atoms with Gasteiger partial charge in [-0.15, -0.1) is 0 Å². The minimum absolute atomic E-state index is 0.133. The van der Waals surface area contributed by atoms with E-state index in [1.165, 1.54) is 0 Å². The lowest BCUT2D eigenvalue weighted by Gasteiger charge is -2.22. The first-order valence-corrected chi connectivity index (χ1v) is 5.25. The van der Waals surface area contributed by atoms with Crippen LogP contribution < -0.4 is 0 Å². The molecular weight excluding hydrogens is 190 g/mol. The molecule has 0 unspecified atom stereocenters. The molecule has 4 nitrogen and oxygen atoms in total. The number of nitrogens with zero attached hydrogens (tertiary/aromatic N) is 3. The quantitative estimate of drug-likeness (QED) is 0.697. The van der Waals surface area contributed by atoms with Crippen molar-refractivity contribution in [3.63, 3.8) is 0 Å². The minimum atomic E-state index is 0.133. The summed E-state index contributed by atoms with van der Waals surface area (Å²) in [5, 5.41) is 0. The Hall–Kier alpha value is -1.45. The van der Waals surface area contributed by atoms with E-state index in [4.69, 9.17) is 0 Å². The second kappa shape index (κ2) is 3.96. The van der Waals surface area contributed by atoms with E-state index in [0.717, 1.165) is 30.9 Å². The van der Waals surface area contributed by atoms with Gasteiger partial charge >= 0.3 is 0 Å². The molecule has 1 aromatic heterocycles. The predicted octanol–water partition coefficient (Wildman–Crippen LogP) is 1.47. The Labute approximate surface area is 89.3 Å². The molecule has 80 valence electrons. The van der Waals surface area contributed by atoms with Crippen LogP contribution in [0.2, 0.25) is 0 Å². The van der Waals surface area contributed by atoms with Crippen LogP contribution in [0.3, 0.4) is 0 Å². The number of amides is 1. The number of carbonyl (C=O) groups is 1. The third-order valence-electron chi connectivity index (χ3n) is 2.80. The van der Waals surface area contributed by atoms with Crippen LogP contribution in [0.4, 0.5) is 0 Å². The molecule has 2 heterocycles. The van der Waals surface area contributed by atoms with Gasteiger partial charge in [0.15, 0.2) is 0 Å². The van der Waals surface area contributed by atoms with Gasteiger partial charge < -0.3 is 4.90 Å². The second-order valence-electron chi connectivity index (χ2n) is 3.90. The van der Waals surface area contributed by atoms with Gasteiger partial charge in [-0.1, -0.05) is 0 Å². The van der Waals surface area contributed by atoms with E-state index in [9.17, 15) is 4.79 Å². The fraction of sp³-hybridized carbons (Fsp3) is 0.545. The van der Waals surface area contributed by atoms with Crippen molar-refractivity contribution in [3.05, 3.63) is 23.8 Å². The fourth-order valence-electron chi connectivity index (χ4n) is 2.11. The monoisotopic (exact) mass is 205 g/mol. The van der Waals surface area contributed by atoms with Crippen LogP contribution in [0.15, 0.2) is 12.3 Å². The molecule has 1 atom stereocenters. The highest BCUT2D eigenvalue weighted by molar-refractivity contribution is 5.74. The molecule has 0 radical (unpaired) electrons. The second-order valence-corrected chi connectivity index (χ2v) is 3.90. The highest BCUT2D eigenvalue weighted by Gasteiger charge is 2.28. The number of rotatable bonds is 1. The molecule has 2 rings (SSSR count). The third-order valence-corrected chi connectivity index (χ3v) is 2.80. The van der Waals surface area contributed by atoms with Crippen molar-refractivity contribution >= 4 is 5.91 Å². The van der Waals surface area contributed by atoms with Crippen LogP contribution in [-0.2, 0) is 4.79 Å². The highest BCUT2D eigenvalue weighted by Crippen LogP contribution is 2.30. The summed E-state index contributed by atoms with van der Waals surface area (Å²) in [4.78, 5) is 21.7. The molecule has 1 aromatic rings. The molecule has 0 aromatic carbocycles. The average Bonchev–Trinajstić information content (AvgIpc) is 2.65. The van der Waals surface area contributed by atoms with E-state index in [0.29, 0.717) is 0 Å². The SMILES string of the molecule is CC(=O)N1CCC[C@@H]1c1ccnc(C)n1. The maximum absolute atomic E-state index is 11.4. The lowest BCUT2D eigenvalue weighted by atomic mass is 10.1. The van der Waals surface area contributed by atoms with Crippen molar-refractivity contribution in [2.75, 3.05) is 6.54 Å². The smallest absolute Gasteiger partial charge is 0.220 e. The summed E-state index contributed by atoms with van der Waals surface area (Å²) in [7, 11) is 0. The first-order chi connectivity index (χ1) is 7.18. The van der Waals surface area contributed by atoms with Gasteiger partial charge in [-0.05, 0) is 25.8 Å². The predicted molar refractivity (Wildman–Crippen MR) is 56.1 cm³/mol. The summed E-state index contributed by atoms with van der Waals surface area (Å²) in [6, 6.07) is 2.06. The standard InChI is InChI=1S/C11H15N3O/c1-8-12-6-5-10(13-8)11-4-3-7-14(11)9(2)15/h5-6,11H,3-4,7H2,1-2H3/t11-/m1/s1. The molecule has 0 saturated carbocycles. The fourth-order valence-corrected chi connectivity index (χ4v) is 2.11. The number of hydrogen-bond donors (Lipinski definition) is 0. The van der Waals surface area contributed by atoms with Crippen LogP contribution in [0, 0.1) is 6.92 Å². The van der Waals surface area contributed by atoms with E-state index < -0.39 is 0 Å². The topological polar surface area (TPSA) is 46.1 Å². The van der Waals surface area contributed by atoms with Crippen LogP contribution in [0.25, 0.3) is 0 Å². The Bertz CT molecular complexity index is 378. The highest BCUT2D eigenvalue weighted by atomic mass is 16.2. The number of aryl methyl sites for hydroxylation is 1. The number of carbonyl (C=O) groups excluding carboxylic acids is 1. The van der Waals surface area contributed by atoms with Gasteiger partial charge in [0, 0.05) is 19.7 Å². The van der Waals surface area contributed by atoms with Gasteiger partial charge in [0.2, 0.25) is 5.91 Å². The molecule has 0 bridgehead atoms. The van der Waals surface area contributed by atoms with Crippen molar-refractivity contribution in [1.82, 2.24) is 14.9 Å². The molecule has 1 aliphatic heterocycles. The minimum Gasteiger partial charge on any atom is -0.334 e. The molecule has 1 aliphatic rings. The summed E-state index contributed by atoms with van der Waals surface area (Å²) in [5.74, 6) is 0.900. The zero-order valence-electron chi connectivity index (χ0n) is 9.10. The Balaban J connectivity index is 2.26. The molecule has 0 spiro atoms. The van der Waals surface area contributed by atoms with E-state index in [-0.39, 0.29) is 11.9 Å². The Kier molecular flexibility index (Phi) is 2.66. The maximum Gasteiger partial charge on any atom is 0.220 e. The summed E-state index contributed by atoms with van der Waals surface area (Å²) >= 11 is 0. The van der Waals surface area contributed by atoms with Gasteiger partial charge in [-0.25, -0.2) is 9.97 Å². The Morgan fingerprint density at radius 2 is 2.40 bits per heavy atom. The summed E-state index contributed by atoms with van der Waals surface area (Å²) in [6.07, 6.45) is 3.83. The Morgan fingerprint density at radius 1 is 1.60 bits per heavy atom. The normalized spacial score (nSPS) is 20.7. The van der Waals surface area contributed by atoms with Crippen molar-refractivity contribution in [2.45, 2.75) is 32.7 Å². The van der Waals surface area contributed by atoms with Crippen LogP contribution in [0.1, 0.15) is 37.3 Å². The van der Waals surface area contributed by atoms with E-state index in [1.54, 1.807) is 13.1 Å². The van der Waals surface area contributed by atoms with Crippen molar-refractivity contribution in [3.8, 4) is 0 Å². The van der Waals surface area contributed by atoms with E-state index in [2.05, 4.69) is 9.97 Å². The molecule has 0 N–H and O–H groups in total. The number of likely N-dealkylation sites (tertiary alicyclic amines) is 1. The molecule has 1 fully saturated rings. The van der Waals surface area contributed by atoms with Gasteiger partial charge in [0.1, 0.15) is 5.82 Å². The summed E-state index contributed by atoms with van der Waals surface area (Å²) < 4.78 is 0. The lowest BCUT2D eigenvalue weighted by molar-refractivity contribution is -0.129. The van der Waals surface area contributed by atoms with Gasteiger partial charge in [-0.3, -0.25) is 4.79 Å². The Morgan fingerprint density at radius 3 is 3.07 bits per heavy atom. The zero-order valence-corrected chi connectivity index (χ0v) is 9.10. The van der Waals surface area contributed by atoms with Crippen molar-refractivity contribution in [2.24, 2.45) is 0 Å². The molecule has 4 heteroatoms. The number of hydrogen-bond acceptors (Lipinski definition) is 3. The molecule has 1 amide bonds. The van der Waals surface area contributed by atoms with Gasteiger partial charge in [0.05, 0.1) is 11.7 Å². The first-order valence-electron chi connectivity index (χ1n) is 5.25. The molecule has 15 heavy (non-hydrogen) atoms. The van der Waals surface area contributed by atoms with Gasteiger partial charge in [-0.2, -0.15) is 0 Å². The molecule has 1 saturated heterocycles. The van der Waals surface area contributed by atoms with Crippen molar-refractivity contribution in [1.29, 1.82) is 0 Å². The summed E-state index contributed by atoms with van der Waals surface area (Å²) in [6.45, 7) is 4.34. The van der Waals surface area contributed by atoms with Crippen LogP contribution in [0.5, 0.6) is 0 Å². The van der Waals surface area contributed by atoms with Crippen LogP contribution >= 0.6 is 0 Å². The zero-order chi connectivity index (χ0) is 10.8. The average molecular weight is 205 g/mol. The van der Waals surface area contributed by atoms with Crippen LogP contribution in [-0.4, -0.2) is 27.3 Å². The largest absolute Gasteiger partial charge is 0.334 e. The third kappa shape index (κ3) is 1.98.